The normalized spacial score (nSPS) is 16.6. The third kappa shape index (κ3) is 3.70. The zero-order valence-corrected chi connectivity index (χ0v) is 13.9. The summed E-state index contributed by atoms with van der Waals surface area (Å²) in [6.45, 7) is 6.64. The molecular formula is C16H24N4S. The first kappa shape index (κ1) is 14.7. The molecule has 0 amide bonds. The molecule has 0 bridgehead atoms. The molecule has 1 atom stereocenters. The van der Waals surface area contributed by atoms with Crippen LogP contribution < -0.4 is 0 Å². The lowest BCUT2D eigenvalue weighted by Crippen LogP contribution is -2.01. The van der Waals surface area contributed by atoms with Crippen molar-refractivity contribution in [3.05, 3.63) is 35.9 Å². The summed E-state index contributed by atoms with van der Waals surface area (Å²) in [5.41, 5.74) is 2.53. The van der Waals surface area contributed by atoms with Crippen molar-refractivity contribution >= 4 is 11.8 Å². The van der Waals surface area contributed by atoms with Crippen LogP contribution in [0, 0.1) is 0 Å². The Kier molecular flexibility index (Phi) is 4.38. The van der Waals surface area contributed by atoms with Crippen molar-refractivity contribution in [3.8, 4) is 0 Å². The van der Waals surface area contributed by atoms with Crippen molar-refractivity contribution in [1.82, 2.24) is 19.6 Å². The third-order valence-corrected chi connectivity index (χ3v) is 5.14. The Morgan fingerprint density at radius 3 is 2.81 bits per heavy atom. The summed E-state index contributed by atoms with van der Waals surface area (Å²) in [6.07, 6.45) is 8.93. The fraction of sp³-hybridized carbons (Fsp3) is 0.625. The molecule has 1 aliphatic carbocycles. The molecule has 4 nitrogen and oxygen atoms in total. The molecule has 1 aliphatic rings. The van der Waals surface area contributed by atoms with Gasteiger partial charge in [-0.3, -0.25) is 9.36 Å². The van der Waals surface area contributed by atoms with E-state index >= 15 is 0 Å². The van der Waals surface area contributed by atoms with Crippen LogP contribution >= 0.6 is 11.8 Å². The maximum atomic E-state index is 4.59. The van der Waals surface area contributed by atoms with Crippen molar-refractivity contribution in [3.63, 3.8) is 0 Å². The quantitative estimate of drug-likeness (QED) is 0.774. The second-order valence-electron chi connectivity index (χ2n) is 6.32. The second kappa shape index (κ2) is 6.26. The van der Waals surface area contributed by atoms with E-state index in [2.05, 4.69) is 54.1 Å². The summed E-state index contributed by atoms with van der Waals surface area (Å²) < 4.78 is 4.18. The Morgan fingerprint density at radius 1 is 1.33 bits per heavy atom. The number of rotatable bonds is 7. The first-order chi connectivity index (χ1) is 10.1. The number of hydrogen-bond acceptors (Lipinski definition) is 3. The van der Waals surface area contributed by atoms with E-state index in [0.29, 0.717) is 17.9 Å². The molecule has 1 saturated carbocycles. The minimum absolute atomic E-state index is 0.503. The summed E-state index contributed by atoms with van der Waals surface area (Å²) >= 11 is 1.93. The number of aromatic nitrogens is 4. The number of hydrogen-bond donors (Lipinski definition) is 0. The van der Waals surface area contributed by atoms with Gasteiger partial charge in [0.05, 0.1) is 23.8 Å². The van der Waals surface area contributed by atoms with Crippen LogP contribution in [0.4, 0.5) is 0 Å². The van der Waals surface area contributed by atoms with Gasteiger partial charge in [-0.2, -0.15) is 10.2 Å². The predicted octanol–water partition coefficient (Wildman–Crippen LogP) is 4.03. The minimum atomic E-state index is 0.503. The summed E-state index contributed by atoms with van der Waals surface area (Å²) in [6, 6.07) is 2.80. The zero-order chi connectivity index (χ0) is 14.8. The van der Waals surface area contributed by atoms with Gasteiger partial charge in [0.1, 0.15) is 0 Å². The molecule has 0 aliphatic heterocycles. The Bertz CT molecular complexity index is 583. The molecule has 0 radical (unpaired) electrons. The lowest BCUT2D eigenvalue weighted by Gasteiger charge is -2.09. The van der Waals surface area contributed by atoms with Crippen molar-refractivity contribution < 1.29 is 0 Å². The highest BCUT2D eigenvalue weighted by atomic mass is 32.2. The van der Waals surface area contributed by atoms with Crippen LogP contribution in [0.15, 0.2) is 24.7 Å². The second-order valence-corrected chi connectivity index (χ2v) is 7.32. The SMILES string of the molecule is CC(C)c1ccn(CSCC(C)c2cnn(C3CC3)c2)n1. The van der Waals surface area contributed by atoms with Gasteiger partial charge in [-0.05, 0) is 36.3 Å². The highest BCUT2D eigenvalue weighted by Gasteiger charge is 2.24. The fourth-order valence-electron chi connectivity index (χ4n) is 2.32. The topological polar surface area (TPSA) is 35.6 Å². The maximum absolute atomic E-state index is 4.59. The molecule has 21 heavy (non-hydrogen) atoms. The van der Waals surface area contributed by atoms with Gasteiger partial charge in [0, 0.05) is 18.1 Å². The molecule has 1 fully saturated rings. The minimum Gasteiger partial charge on any atom is -0.269 e. The molecule has 2 aromatic rings. The highest BCUT2D eigenvalue weighted by molar-refractivity contribution is 7.98. The van der Waals surface area contributed by atoms with Crippen LogP contribution in [0.2, 0.25) is 0 Å². The highest BCUT2D eigenvalue weighted by Crippen LogP contribution is 2.34. The van der Waals surface area contributed by atoms with E-state index < -0.39 is 0 Å². The molecule has 2 aromatic heterocycles. The molecular weight excluding hydrogens is 280 g/mol. The smallest absolute Gasteiger partial charge is 0.0863 e. The van der Waals surface area contributed by atoms with Crippen LogP contribution in [-0.2, 0) is 5.88 Å². The monoisotopic (exact) mass is 304 g/mol. The fourth-order valence-corrected chi connectivity index (χ4v) is 3.30. The third-order valence-electron chi connectivity index (χ3n) is 3.96. The van der Waals surface area contributed by atoms with Gasteiger partial charge in [-0.1, -0.05) is 20.8 Å². The maximum Gasteiger partial charge on any atom is 0.0863 e. The Balaban J connectivity index is 1.47. The van der Waals surface area contributed by atoms with Crippen LogP contribution in [0.3, 0.4) is 0 Å². The van der Waals surface area contributed by atoms with E-state index in [0.717, 1.165) is 11.6 Å². The van der Waals surface area contributed by atoms with Gasteiger partial charge >= 0.3 is 0 Å². The zero-order valence-electron chi connectivity index (χ0n) is 13.1. The summed E-state index contributed by atoms with van der Waals surface area (Å²) in [5, 5.41) is 9.07. The molecule has 1 unspecified atom stereocenters. The van der Waals surface area contributed by atoms with Crippen LogP contribution in [-0.4, -0.2) is 25.3 Å². The van der Waals surface area contributed by atoms with Gasteiger partial charge in [-0.15, -0.1) is 11.8 Å². The van der Waals surface area contributed by atoms with Crippen LogP contribution in [0.25, 0.3) is 0 Å². The molecule has 5 heteroatoms. The van der Waals surface area contributed by atoms with Crippen molar-refractivity contribution in [2.75, 3.05) is 5.75 Å². The van der Waals surface area contributed by atoms with E-state index in [1.165, 1.54) is 24.1 Å². The van der Waals surface area contributed by atoms with Gasteiger partial charge in [0.15, 0.2) is 0 Å². The molecule has 0 N–H and O–H groups in total. The molecule has 0 spiro atoms. The Morgan fingerprint density at radius 2 is 2.14 bits per heavy atom. The first-order valence-corrected chi connectivity index (χ1v) is 8.94. The lowest BCUT2D eigenvalue weighted by molar-refractivity contribution is 0.640. The molecule has 3 rings (SSSR count). The van der Waals surface area contributed by atoms with Gasteiger partial charge in [0.2, 0.25) is 0 Å². The molecule has 114 valence electrons. The van der Waals surface area contributed by atoms with E-state index in [4.69, 9.17) is 0 Å². The van der Waals surface area contributed by atoms with Crippen molar-refractivity contribution in [1.29, 1.82) is 0 Å². The number of nitrogens with zero attached hydrogens (tertiary/aromatic N) is 4. The van der Waals surface area contributed by atoms with E-state index in [9.17, 15) is 0 Å². The van der Waals surface area contributed by atoms with Crippen LogP contribution in [0.1, 0.15) is 62.7 Å². The molecule has 2 heterocycles. The van der Waals surface area contributed by atoms with Crippen LogP contribution in [0.5, 0.6) is 0 Å². The average Bonchev–Trinajstić information content (AvgIpc) is 3.01. The van der Waals surface area contributed by atoms with Gasteiger partial charge in [0.25, 0.3) is 0 Å². The standard InChI is InChI=1S/C16H24N4S/c1-12(2)16-6-7-19(18-16)11-21-10-13(3)14-8-17-20(9-14)15-4-5-15/h6-9,12-13,15H,4-5,10-11H2,1-3H3. The Labute approximate surface area is 130 Å². The van der Waals surface area contributed by atoms with Gasteiger partial charge in [-0.25, -0.2) is 0 Å². The summed E-state index contributed by atoms with van der Waals surface area (Å²) in [7, 11) is 0. The van der Waals surface area contributed by atoms with Gasteiger partial charge < -0.3 is 0 Å². The van der Waals surface area contributed by atoms with E-state index in [1.54, 1.807) is 0 Å². The van der Waals surface area contributed by atoms with Crippen molar-refractivity contribution in [2.45, 2.75) is 57.4 Å². The average molecular weight is 304 g/mol. The van der Waals surface area contributed by atoms with E-state index in [-0.39, 0.29) is 0 Å². The lowest BCUT2D eigenvalue weighted by atomic mass is 10.1. The summed E-state index contributed by atoms with van der Waals surface area (Å²) in [5.74, 6) is 3.08. The van der Waals surface area contributed by atoms with Crippen molar-refractivity contribution in [2.24, 2.45) is 0 Å². The Hall–Kier alpha value is -1.23. The summed E-state index contributed by atoms with van der Waals surface area (Å²) in [4.78, 5) is 0. The predicted molar refractivity (Wildman–Crippen MR) is 87.7 cm³/mol. The number of thioether (sulfide) groups is 1. The molecule has 0 saturated heterocycles. The largest absolute Gasteiger partial charge is 0.269 e. The van der Waals surface area contributed by atoms with E-state index in [1.807, 2.05) is 22.6 Å². The first-order valence-electron chi connectivity index (χ1n) is 7.78. The molecule has 0 aromatic carbocycles.